The first-order valence-electron chi connectivity index (χ1n) is 10.4. The number of nitrogens with one attached hydrogen (secondary N) is 1. The highest BCUT2D eigenvalue weighted by atomic mass is 32.2. The van der Waals surface area contributed by atoms with Crippen LogP contribution in [0.5, 0.6) is 11.5 Å². The van der Waals surface area contributed by atoms with E-state index in [0.717, 1.165) is 34.7 Å². The lowest BCUT2D eigenvalue weighted by molar-refractivity contribution is -0.121. The van der Waals surface area contributed by atoms with Gasteiger partial charge in [-0.2, -0.15) is 0 Å². The molecule has 1 heterocycles. The molecule has 1 amide bonds. The Morgan fingerprint density at radius 1 is 1.16 bits per heavy atom. The molecule has 168 valence electrons. The molecule has 1 aliphatic rings. The van der Waals surface area contributed by atoms with E-state index in [4.69, 9.17) is 9.47 Å². The zero-order valence-electron chi connectivity index (χ0n) is 18.4. The number of carbonyl (C=O) groups excluding carboxylic acids is 1. The molecule has 0 bridgehead atoms. The fraction of sp³-hybridized carbons (Fsp3) is 0.435. The Kier molecular flexibility index (Phi) is 6.79. The summed E-state index contributed by atoms with van der Waals surface area (Å²) in [6.45, 7) is 3.84. The molecule has 1 atom stereocenters. The van der Waals surface area contributed by atoms with Gasteiger partial charge in [0.1, 0.15) is 23.6 Å². The van der Waals surface area contributed by atoms with E-state index >= 15 is 0 Å². The number of ether oxygens (including phenoxy) is 2. The Hall–Kier alpha value is -2.74. The first-order valence-corrected chi connectivity index (χ1v) is 12.2. The van der Waals surface area contributed by atoms with Crippen LogP contribution < -0.4 is 19.1 Å². The monoisotopic (exact) mass is 446 g/mol. The van der Waals surface area contributed by atoms with Gasteiger partial charge in [0, 0.05) is 12.0 Å². The van der Waals surface area contributed by atoms with Crippen molar-refractivity contribution in [2.24, 2.45) is 0 Å². The predicted molar refractivity (Wildman–Crippen MR) is 121 cm³/mol. The van der Waals surface area contributed by atoms with Crippen molar-refractivity contribution >= 4 is 21.6 Å². The summed E-state index contributed by atoms with van der Waals surface area (Å²) in [6.07, 6.45) is 3.34. The van der Waals surface area contributed by atoms with Crippen molar-refractivity contribution in [3.05, 3.63) is 54.1 Å². The van der Waals surface area contributed by atoms with Crippen LogP contribution in [0.2, 0.25) is 0 Å². The van der Waals surface area contributed by atoms with E-state index in [2.05, 4.69) is 19.2 Å². The van der Waals surface area contributed by atoms with E-state index in [-0.39, 0.29) is 24.1 Å². The maximum atomic E-state index is 13.0. The van der Waals surface area contributed by atoms with Gasteiger partial charge in [0.25, 0.3) is 0 Å². The fourth-order valence-electron chi connectivity index (χ4n) is 3.95. The van der Waals surface area contributed by atoms with E-state index in [1.807, 2.05) is 24.3 Å². The Balaban J connectivity index is 1.83. The molecule has 0 unspecified atom stereocenters. The molecule has 8 heteroatoms. The van der Waals surface area contributed by atoms with Gasteiger partial charge in [0.15, 0.2) is 0 Å². The topological polar surface area (TPSA) is 84.9 Å². The van der Waals surface area contributed by atoms with Gasteiger partial charge >= 0.3 is 0 Å². The van der Waals surface area contributed by atoms with E-state index in [1.54, 1.807) is 24.3 Å². The lowest BCUT2D eigenvalue weighted by Gasteiger charge is -2.41. The minimum Gasteiger partial charge on any atom is -0.497 e. The molecule has 0 spiro atoms. The normalized spacial score (nSPS) is 17.2. The highest BCUT2D eigenvalue weighted by Gasteiger charge is 2.39. The largest absolute Gasteiger partial charge is 0.497 e. The predicted octanol–water partition coefficient (Wildman–Crippen LogP) is 3.66. The van der Waals surface area contributed by atoms with Crippen LogP contribution in [0.1, 0.15) is 44.7 Å². The van der Waals surface area contributed by atoms with Crippen molar-refractivity contribution < 1.29 is 22.7 Å². The Labute approximate surface area is 184 Å². The van der Waals surface area contributed by atoms with Crippen molar-refractivity contribution in [2.75, 3.05) is 24.2 Å². The van der Waals surface area contributed by atoms with Crippen LogP contribution in [0.4, 0.5) is 5.69 Å². The van der Waals surface area contributed by atoms with E-state index < -0.39 is 10.0 Å². The number of fused-ring (bicyclic) bond motifs is 1. The number of methoxy groups -OCH3 is 1. The number of nitrogens with zero attached hydrogens (tertiary/aromatic N) is 1. The second kappa shape index (κ2) is 9.18. The number of amides is 1. The number of rotatable bonds is 8. The van der Waals surface area contributed by atoms with Gasteiger partial charge in [-0.3, -0.25) is 9.10 Å². The van der Waals surface area contributed by atoms with Gasteiger partial charge in [0.05, 0.1) is 25.1 Å². The van der Waals surface area contributed by atoms with Gasteiger partial charge in [-0.05, 0) is 43.2 Å². The summed E-state index contributed by atoms with van der Waals surface area (Å²) in [5.41, 5.74) is 0.949. The first kappa shape index (κ1) is 22.9. The Morgan fingerprint density at radius 2 is 1.81 bits per heavy atom. The van der Waals surface area contributed by atoms with Crippen LogP contribution in [0.3, 0.4) is 0 Å². The van der Waals surface area contributed by atoms with Crippen LogP contribution in [0, 0.1) is 0 Å². The summed E-state index contributed by atoms with van der Waals surface area (Å²) in [7, 11) is -2.12. The molecule has 2 aromatic carbocycles. The molecule has 3 rings (SSSR count). The maximum Gasteiger partial charge on any atom is 0.241 e. The highest BCUT2D eigenvalue weighted by Crippen LogP contribution is 2.42. The zero-order chi connectivity index (χ0) is 22.6. The molecule has 2 aromatic rings. The van der Waals surface area contributed by atoms with Gasteiger partial charge in [-0.1, -0.05) is 32.0 Å². The van der Waals surface area contributed by atoms with Crippen LogP contribution in [-0.2, 0) is 14.8 Å². The van der Waals surface area contributed by atoms with Crippen molar-refractivity contribution in [1.82, 2.24) is 5.32 Å². The summed E-state index contributed by atoms with van der Waals surface area (Å²) in [5.74, 6) is 0.998. The smallest absolute Gasteiger partial charge is 0.241 e. The molecule has 0 saturated carbocycles. The summed E-state index contributed by atoms with van der Waals surface area (Å²) in [5, 5.41) is 3.04. The number of anilines is 1. The fourth-order valence-corrected chi connectivity index (χ4v) is 4.81. The molecule has 31 heavy (non-hydrogen) atoms. The second-order valence-corrected chi connectivity index (χ2v) is 9.73. The molecule has 0 aliphatic carbocycles. The van der Waals surface area contributed by atoms with Gasteiger partial charge in [-0.25, -0.2) is 8.42 Å². The van der Waals surface area contributed by atoms with E-state index in [1.165, 1.54) is 7.11 Å². The molecule has 0 saturated heterocycles. The lowest BCUT2D eigenvalue weighted by Crippen LogP contribution is -2.47. The molecule has 0 aromatic heterocycles. The van der Waals surface area contributed by atoms with Crippen LogP contribution >= 0.6 is 0 Å². The van der Waals surface area contributed by atoms with E-state index in [9.17, 15) is 13.2 Å². The SMILES string of the molecule is CCC1(CC)C[C@H](NC(=O)CN(c2ccc(OC)cc2)S(C)(=O)=O)c2ccccc2O1. The third-order valence-electron chi connectivity index (χ3n) is 5.87. The van der Waals surface area contributed by atoms with Crippen LogP contribution in [-0.4, -0.2) is 39.8 Å². The number of para-hydroxylation sites is 1. The quantitative estimate of drug-likeness (QED) is 0.669. The minimum atomic E-state index is -3.66. The third-order valence-corrected chi connectivity index (χ3v) is 7.01. The van der Waals surface area contributed by atoms with Gasteiger partial charge < -0.3 is 14.8 Å². The molecular formula is C23H30N2O5S. The number of hydrogen-bond acceptors (Lipinski definition) is 5. The molecular weight excluding hydrogens is 416 g/mol. The standard InChI is InChI=1S/C23H30N2O5S/c1-5-23(6-2)15-20(19-9-7-8-10-21(19)30-23)24-22(26)16-25(31(4,27)28)17-11-13-18(29-3)14-12-17/h7-14,20H,5-6,15-16H2,1-4H3,(H,24,26)/t20-/m0/s1. The molecule has 0 radical (unpaired) electrons. The van der Waals surface area contributed by atoms with Gasteiger partial charge in [-0.15, -0.1) is 0 Å². The number of hydrogen-bond donors (Lipinski definition) is 1. The second-order valence-electron chi connectivity index (χ2n) is 7.82. The average Bonchev–Trinajstić information content (AvgIpc) is 2.76. The number of benzene rings is 2. The molecule has 1 N–H and O–H groups in total. The number of carbonyl (C=O) groups is 1. The first-order chi connectivity index (χ1) is 14.7. The summed E-state index contributed by atoms with van der Waals surface area (Å²) in [6, 6.07) is 14.0. The zero-order valence-corrected chi connectivity index (χ0v) is 19.2. The highest BCUT2D eigenvalue weighted by molar-refractivity contribution is 7.92. The van der Waals surface area contributed by atoms with Crippen molar-refractivity contribution in [3.8, 4) is 11.5 Å². The van der Waals surface area contributed by atoms with E-state index in [0.29, 0.717) is 17.9 Å². The maximum absolute atomic E-state index is 13.0. The molecule has 0 fully saturated rings. The van der Waals surface area contributed by atoms with Crippen LogP contribution in [0.15, 0.2) is 48.5 Å². The van der Waals surface area contributed by atoms with Crippen molar-refractivity contribution in [2.45, 2.75) is 44.8 Å². The third kappa shape index (κ3) is 5.12. The van der Waals surface area contributed by atoms with Crippen molar-refractivity contribution in [1.29, 1.82) is 0 Å². The Bertz CT molecular complexity index is 1020. The average molecular weight is 447 g/mol. The summed E-state index contributed by atoms with van der Waals surface area (Å²) >= 11 is 0. The summed E-state index contributed by atoms with van der Waals surface area (Å²) < 4.78 is 37.3. The lowest BCUT2D eigenvalue weighted by atomic mass is 9.83. The molecule has 1 aliphatic heterocycles. The van der Waals surface area contributed by atoms with Crippen LogP contribution in [0.25, 0.3) is 0 Å². The molecule has 7 nitrogen and oxygen atoms in total. The van der Waals surface area contributed by atoms with Crippen molar-refractivity contribution in [3.63, 3.8) is 0 Å². The van der Waals surface area contributed by atoms with Gasteiger partial charge in [0.2, 0.25) is 15.9 Å². The summed E-state index contributed by atoms with van der Waals surface area (Å²) in [4.78, 5) is 13.0. The Morgan fingerprint density at radius 3 is 2.39 bits per heavy atom. The minimum absolute atomic E-state index is 0.255. The number of sulfonamides is 1.